The summed E-state index contributed by atoms with van der Waals surface area (Å²) in [6, 6.07) is -0.420. The molecule has 0 spiro atoms. The average Bonchev–Trinajstić information content (AvgIpc) is 2.44. The predicted molar refractivity (Wildman–Crippen MR) is 78.6 cm³/mol. The highest BCUT2D eigenvalue weighted by Gasteiger charge is 2.16. The van der Waals surface area contributed by atoms with Crippen LogP contribution in [0.4, 0.5) is 4.39 Å². The first-order valence-electron chi connectivity index (χ1n) is 7.24. The van der Waals surface area contributed by atoms with Crippen molar-refractivity contribution in [2.75, 3.05) is 6.61 Å². The van der Waals surface area contributed by atoms with E-state index in [2.05, 4.69) is 18.7 Å². The van der Waals surface area contributed by atoms with Crippen molar-refractivity contribution in [1.29, 1.82) is 0 Å². The van der Waals surface area contributed by atoms with Crippen LogP contribution in [-0.2, 0) is 4.74 Å². The first-order valence-corrected chi connectivity index (χ1v) is 7.24. The largest absolute Gasteiger partial charge is 0.494 e. The van der Waals surface area contributed by atoms with Gasteiger partial charge in [-0.15, -0.1) is 6.58 Å². The van der Waals surface area contributed by atoms with Gasteiger partial charge in [-0.2, -0.15) is 0 Å². The van der Waals surface area contributed by atoms with Gasteiger partial charge in [0.1, 0.15) is 11.9 Å². The Bertz CT molecular complexity index is 312. The van der Waals surface area contributed by atoms with Crippen LogP contribution in [0.25, 0.3) is 0 Å². The van der Waals surface area contributed by atoms with Gasteiger partial charge < -0.3 is 10.5 Å². The molecule has 0 saturated carbocycles. The first-order chi connectivity index (χ1) is 9.24. The molecule has 3 heteroatoms. The summed E-state index contributed by atoms with van der Waals surface area (Å²) in [7, 11) is 0. The van der Waals surface area contributed by atoms with Gasteiger partial charge >= 0.3 is 0 Å². The van der Waals surface area contributed by atoms with Crippen LogP contribution in [0.15, 0.2) is 36.6 Å². The van der Waals surface area contributed by atoms with Crippen LogP contribution >= 0.6 is 0 Å². The van der Waals surface area contributed by atoms with E-state index in [4.69, 9.17) is 10.5 Å². The molecule has 0 aromatic rings. The van der Waals surface area contributed by atoms with Gasteiger partial charge in [-0.05, 0) is 50.7 Å². The van der Waals surface area contributed by atoms with Gasteiger partial charge in [-0.25, -0.2) is 4.39 Å². The van der Waals surface area contributed by atoms with Crippen molar-refractivity contribution >= 4 is 0 Å². The minimum absolute atomic E-state index is 0.420. The van der Waals surface area contributed by atoms with Crippen molar-refractivity contribution in [1.82, 2.24) is 0 Å². The van der Waals surface area contributed by atoms with Crippen molar-refractivity contribution in [3.8, 4) is 0 Å². The molecule has 19 heavy (non-hydrogen) atoms. The maximum atomic E-state index is 13.8. The molecule has 0 aliphatic heterocycles. The molecule has 0 aromatic heterocycles. The minimum atomic E-state index is -0.927. The molecule has 0 bridgehead atoms. The fourth-order valence-corrected chi connectivity index (χ4v) is 2.03. The van der Waals surface area contributed by atoms with Crippen LogP contribution in [0.5, 0.6) is 0 Å². The molecule has 108 valence electrons. The van der Waals surface area contributed by atoms with Crippen molar-refractivity contribution in [3.63, 3.8) is 0 Å². The maximum Gasteiger partial charge on any atom is 0.115 e. The number of allylic oxidation sites excluding steroid dienone is 4. The lowest BCUT2D eigenvalue weighted by molar-refractivity contribution is 0.179. The number of unbranched alkanes of at least 4 members (excludes halogenated alkanes) is 2. The molecular weight excluding hydrogens is 241 g/mol. The molecule has 1 rings (SSSR count). The number of rotatable bonds is 10. The van der Waals surface area contributed by atoms with Crippen LogP contribution in [-0.4, -0.2) is 18.8 Å². The van der Waals surface area contributed by atoms with E-state index in [9.17, 15) is 4.39 Å². The average molecular weight is 267 g/mol. The molecule has 0 radical (unpaired) electrons. The van der Waals surface area contributed by atoms with E-state index >= 15 is 0 Å². The first kappa shape index (κ1) is 16.0. The lowest BCUT2D eigenvalue weighted by Gasteiger charge is -2.17. The Morgan fingerprint density at radius 1 is 1.37 bits per heavy atom. The highest BCUT2D eigenvalue weighted by atomic mass is 19.1. The fourth-order valence-electron chi connectivity index (χ4n) is 2.03. The Hall–Kier alpha value is -1.09. The molecule has 0 fully saturated rings. The third-order valence-corrected chi connectivity index (χ3v) is 3.28. The molecule has 0 saturated heterocycles. The summed E-state index contributed by atoms with van der Waals surface area (Å²) in [4.78, 5) is 0. The molecule has 2 N–H and O–H groups in total. The number of hydrogen-bond acceptors (Lipinski definition) is 2. The van der Waals surface area contributed by atoms with Crippen molar-refractivity contribution in [2.24, 2.45) is 5.73 Å². The Labute approximate surface area is 116 Å². The molecular formula is C16H26FNO. The zero-order chi connectivity index (χ0) is 13.9. The minimum Gasteiger partial charge on any atom is -0.494 e. The monoisotopic (exact) mass is 267 g/mol. The normalized spacial score (nSPS) is 17.7. The summed E-state index contributed by atoms with van der Waals surface area (Å²) in [5.74, 6) is 0.889. The summed E-state index contributed by atoms with van der Waals surface area (Å²) in [6.07, 6.45) is 13.1. The van der Waals surface area contributed by atoms with E-state index < -0.39 is 12.2 Å². The summed E-state index contributed by atoms with van der Waals surface area (Å²) in [5, 5.41) is 0. The second-order valence-corrected chi connectivity index (χ2v) is 4.98. The molecule has 1 aliphatic rings. The van der Waals surface area contributed by atoms with Crippen LogP contribution in [0.3, 0.4) is 0 Å². The highest BCUT2D eigenvalue weighted by molar-refractivity contribution is 5.15. The van der Waals surface area contributed by atoms with E-state index in [-0.39, 0.29) is 0 Å². The molecule has 2 unspecified atom stereocenters. The Balaban J connectivity index is 2.08. The number of halogens is 1. The van der Waals surface area contributed by atoms with Crippen LogP contribution in [0, 0.1) is 0 Å². The molecule has 0 heterocycles. The van der Waals surface area contributed by atoms with Gasteiger partial charge in [-0.1, -0.05) is 18.6 Å². The summed E-state index contributed by atoms with van der Waals surface area (Å²) >= 11 is 0. The summed E-state index contributed by atoms with van der Waals surface area (Å²) in [6.45, 7) is 4.14. The van der Waals surface area contributed by atoms with E-state index in [0.29, 0.717) is 19.4 Å². The van der Waals surface area contributed by atoms with E-state index in [1.807, 2.05) is 12.2 Å². The smallest absolute Gasteiger partial charge is 0.115 e. The molecule has 2 atom stereocenters. The van der Waals surface area contributed by atoms with E-state index in [1.54, 1.807) is 0 Å². The number of hydrogen-bond donors (Lipinski definition) is 1. The second-order valence-electron chi connectivity index (χ2n) is 4.98. The number of nitrogens with two attached hydrogens (primary N) is 1. The van der Waals surface area contributed by atoms with Gasteiger partial charge in [0.25, 0.3) is 0 Å². The van der Waals surface area contributed by atoms with Crippen LogP contribution < -0.4 is 5.73 Å². The lowest BCUT2D eigenvalue weighted by Crippen LogP contribution is -2.32. The second kappa shape index (κ2) is 9.79. The molecule has 1 aliphatic carbocycles. The zero-order valence-corrected chi connectivity index (χ0v) is 11.7. The molecule has 0 aromatic carbocycles. The quantitative estimate of drug-likeness (QED) is 0.479. The molecule has 2 nitrogen and oxygen atoms in total. The highest BCUT2D eigenvalue weighted by Crippen LogP contribution is 2.14. The van der Waals surface area contributed by atoms with Crippen molar-refractivity contribution in [2.45, 2.75) is 57.2 Å². The zero-order valence-electron chi connectivity index (χ0n) is 11.7. The van der Waals surface area contributed by atoms with Crippen LogP contribution in [0.2, 0.25) is 0 Å². The van der Waals surface area contributed by atoms with Crippen molar-refractivity contribution in [3.05, 3.63) is 36.6 Å². The third kappa shape index (κ3) is 7.16. The van der Waals surface area contributed by atoms with Gasteiger partial charge in [-0.3, -0.25) is 0 Å². The Morgan fingerprint density at radius 2 is 2.21 bits per heavy atom. The number of alkyl halides is 1. The standard InChI is InChI=1S/C16H26FNO/c1-2-3-4-8-11-15(17)16(18)12-13-19-14-9-6-5-7-10-14/h2,6,9-10,15-16H,1,3-5,7-8,11-13,18H2. The van der Waals surface area contributed by atoms with Gasteiger partial charge in [0.2, 0.25) is 0 Å². The number of ether oxygens (including phenoxy) is 1. The maximum absolute atomic E-state index is 13.8. The topological polar surface area (TPSA) is 35.2 Å². The summed E-state index contributed by atoms with van der Waals surface area (Å²) < 4.78 is 19.3. The van der Waals surface area contributed by atoms with Gasteiger partial charge in [0.15, 0.2) is 0 Å². The molecule has 0 amide bonds. The lowest BCUT2D eigenvalue weighted by atomic mass is 10.0. The van der Waals surface area contributed by atoms with E-state index in [1.165, 1.54) is 0 Å². The Kier molecular flexibility index (Phi) is 8.23. The van der Waals surface area contributed by atoms with Crippen LogP contribution in [0.1, 0.15) is 44.9 Å². The van der Waals surface area contributed by atoms with Crippen molar-refractivity contribution < 1.29 is 9.13 Å². The SMILES string of the molecule is C=CCCCCC(F)C(N)CCOC1=CCCC=C1. The Morgan fingerprint density at radius 3 is 2.89 bits per heavy atom. The fraction of sp³-hybridized carbons (Fsp3) is 0.625. The van der Waals surface area contributed by atoms with E-state index in [0.717, 1.165) is 37.9 Å². The predicted octanol–water partition coefficient (Wildman–Crippen LogP) is 4.04. The third-order valence-electron chi connectivity index (χ3n) is 3.28. The van der Waals surface area contributed by atoms with Gasteiger partial charge in [0, 0.05) is 6.04 Å². The summed E-state index contributed by atoms with van der Waals surface area (Å²) in [5.41, 5.74) is 5.83. The van der Waals surface area contributed by atoms with Gasteiger partial charge in [0.05, 0.1) is 6.61 Å².